The molecule has 1 heterocycles. The fraction of sp³-hybridized carbons (Fsp3) is 0.826. The van der Waals surface area contributed by atoms with Crippen LogP contribution in [0.5, 0.6) is 0 Å². The molecule has 1 aliphatic heterocycles. The summed E-state index contributed by atoms with van der Waals surface area (Å²) >= 11 is 0. The van der Waals surface area contributed by atoms with Crippen LogP contribution in [0.2, 0.25) is 0 Å². The van der Waals surface area contributed by atoms with E-state index in [4.69, 9.17) is 18.9 Å². The van der Waals surface area contributed by atoms with Gasteiger partial charge in [0.05, 0.1) is 24.4 Å². The first-order valence-corrected chi connectivity index (χ1v) is 10.7. The number of hydrogen-bond acceptors (Lipinski definition) is 6. The number of epoxide rings is 1. The smallest absolute Gasteiger partial charge is 0.154 e. The molecule has 8 unspecified atom stereocenters. The van der Waals surface area contributed by atoms with Crippen molar-refractivity contribution >= 4 is 0 Å². The highest BCUT2D eigenvalue weighted by atomic mass is 16.6. The van der Waals surface area contributed by atoms with E-state index in [2.05, 4.69) is 20.8 Å². The van der Waals surface area contributed by atoms with Gasteiger partial charge in [0.1, 0.15) is 6.10 Å². The van der Waals surface area contributed by atoms with Gasteiger partial charge in [0.15, 0.2) is 6.29 Å². The van der Waals surface area contributed by atoms with E-state index in [0.717, 1.165) is 19.3 Å². The lowest BCUT2D eigenvalue weighted by Gasteiger charge is -2.20. The predicted octanol–water partition coefficient (Wildman–Crippen LogP) is 3.46. The molecule has 1 fully saturated rings. The Hall–Kier alpha value is -0.760. The average molecular weight is 415 g/mol. The van der Waals surface area contributed by atoms with E-state index in [-0.39, 0.29) is 36.3 Å². The molecule has 29 heavy (non-hydrogen) atoms. The van der Waals surface area contributed by atoms with Gasteiger partial charge in [-0.1, -0.05) is 44.6 Å². The number of methoxy groups -OCH3 is 3. The van der Waals surface area contributed by atoms with Crippen molar-refractivity contribution in [2.24, 2.45) is 11.8 Å². The van der Waals surface area contributed by atoms with E-state index in [1.807, 2.05) is 25.2 Å². The fourth-order valence-corrected chi connectivity index (χ4v) is 3.78. The van der Waals surface area contributed by atoms with Gasteiger partial charge in [0.2, 0.25) is 0 Å². The van der Waals surface area contributed by atoms with Crippen molar-refractivity contribution in [3.63, 3.8) is 0 Å². The molecule has 1 saturated heterocycles. The summed E-state index contributed by atoms with van der Waals surface area (Å²) in [6, 6.07) is 0. The zero-order valence-corrected chi connectivity index (χ0v) is 19.2. The van der Waals surface area contributed by atoms with Gasteiger partial charge in [0.25, 0.3) is 0 Å². The predicted molar refractivity (Wildman–Crippen MR) is 115 cm³/mol. The second-order valence-corrected chi connectivity index (χ2v) is 8.18. The van der Waals surface area contributed by atoms with Gasteiger partial charge < -0.3 is 29.2 Å². The Morgan fingerprint density at radius 1 is 1.03 bits per heavy atom. The molecule has 0 bridgehead atoms. The maximum atomic E-state index is 10.6. The Morgan fingerprint density at radius 2 is 1.72 bits per heavy atom. The molecule has 0 aromatic carbocycles. The number of aliphatic hydroxyl groups excluding tert-OH is 2. The van der Waals surface area contributed by atoms with Crippen molar-refractivity contribution in [1.82, 2.24) is 0 Å². The standard InChI is InChI=1S/C23H42O6/c1-8-19(27-6)17(4)22-23(29-22)21(25)16(3)11-9-10-15(2)14-18(26-5)12-13-20(24)28-7/h9-11,16-25H,8,12-14H2,1-7H3/b11-9+,15-10+. The van der Waals surface area contributed by atoms with Crippen LogP contribution in [0, 0.1) is 11.8 Å². The average Bonchev–Trinajstić information content (AvgIpc) is 3.51. The van der Waals surface area contributed by atoms with Gasteiger partial charge >= 0.3 is 0 Å². The number of rotatable bonds is 15. The number of allylic oxidation sites excluding steroid dienone is 2. The van der Waals surface area contributed by atoms with Crippen LogP contribution in [0.15, 0.2) is 23.8 Å². The Bertz CT molecular complexity index is 502. The summed E-state index contributed by atoms with van der Waals surface area (Å²) in [6.07, 6.45) is 7.93. The van der Waals surface area contributed by atoms with Crippen molar-refractivity contribution < 1.29 is 29.2 Å². The maximum Gasteiger partial charge on any atom is 0.154 e. The molecule has 1 aliphatic rings. The summed E-state index contributed by atoms with van der Waals surface area (Å²) in [5, 5.41) is 20.1. The Labute approximate surface area is 176 Å². The van der Waals surface area contributed by atoms with Crippen LogP contribution in [0.3, 0.4) is 0 Å². The molecule has 0 radical (unpaired) electrons. The van der Waals surface area contributed by atoms with Crippen molar-refractivity contribution in [1.29, 1.82) is 0 Å². The second-order valence-electron chi connectivity index (χ2n) is 8.18. The first kappa shape index (κ1) is 26.3. The lowest BCUT2D eigenvalue weighted by molar-refractivity contribution is -0.0854. The van der Waals surface area contributed by atoms with Gasteiger partial charge in [-0.2, -0.15) is 0 Å². The third-order valence-corrected chi connectivity index (χ3v) is 5.93. The highest BCUT2D eigenvalue weighted by molar-refractivity contribution is 5.13. The van der Waals surface area contributed by atoms with Gasteiger partial charge in [-0.15, -0.1) is 0 Å². The van der Waals surface area contributed by atoms with Gasteiger partial charge in [-0.3, -0.25) is 0 Å². The Morgan fingerprint density at radius 3 is 2.28 bits per heavy atom. The number of hydrogen-bond donors (Lipinski definition) is 2. The van der Waals surface area contributed by atoms with Crippen molar-refractivity contribution in [3.05, 3.63) is 23.8 Å². The first-order valence-electron chi connectivity index (χ1n) is 10.7. The quantitative estimate of drug-likeness (QED) is 0.243. The van der Waals surface area contributed by atoms with Crippen LogP contribution in [0.25, 0.3) is 0 Å². The minimum atomic E-state index is -0.744. The van der Waals surface area contributed by atoms with E-state index in [1.165, 1.54) is 12.7 Å². The molecular weight excluding hydrogens is 372 g/mol. The molecule has 0 amide bonds. The van der Waals surface area contributed by atoms with Crippen molar-refractivity contribution in [2.45, 2.75) is 90.2 Å². The minimum Gasteiger partial charge on any atom is -0.390 e. The molecule has 0 saturated carbocycles. The monoisotopic (exact) mass is 414 g/mol. The molecule has 8 atom stereocenters. The molecule has 0 aromatic heterocycles. The summed E-state index contributed by atoms with van der Waals surface area (Å²) in [6.45, 7) is 8.29. The van der Waals surface area contributed by atoms with Gasteiger partial charge in [-0.05, 0) is 26.2 Å². The molecule has 1 rings (SSSR count). The summed E-state index contributed by atoms with van der Waals surface area (Å²) in [4.78, 5) is 0. The SMILES string of the molecule is CCC(OC)C(C)C1OC1C(O)C(C)/C=C/C=C(\C)CC(CCC(O)OC)OC. The molecule has 2 N–H and O–H groups in total. The van der Waals surface area contributed by atoms with E-state index < -0.39 is 12.4 Å². The lowest BCUT2D eigenvalue weighted by Crippen LogP contribution is -2.30. The van der Waals surface area contributed by atoms with Crippen LogP contribution in [0.1, 0.15) is 53.4 Å². The van der Waals surface area contributed by atoms with Crippen LogP contribution in [0.4, 0.5) is 0 Å². The second kappa shape index (κ2) is 13.5. The third kappa shape index (κ3) is 8.87. The molecule has 0 aliphatic carbocycles. The summed E-state index contributed by atoms with van der Waals surface area (Å²) in [7, 11) is 4.91. The normalized spacial score (nSPS) is 26.2. The summed E-state index contributed by atoms with van der Waals surface area (Å²) < 4.78 is 21.6. The zero-order chi connectivity index (χ0) is 22.0. The maximum absolute atomic E-state index is 10.6. The third-order valence-electron chi connectivity index (χ3n) is 5.93. The van der Waals surface area contributed by atoms with E-state index >= 15 is 0 Å². The van der Waals surface area contributed by atoms with Gasteiger partial charge in [0, 0.05) is 39.6 Å². The van der Waals surface area contributed by atoms with Crippen molar-refractivity contribution in [3.8, 4) is 0 Å². The van der Waals surface area contributed by atoms with E-state index in [9.17, 15) is 10.2 Å². The summed E-state index contributed by atoms with van der Waals surface area (Å²) in [5.41, 5.74) is 1.18. The fourth-order valence-electron chi connectivity index (χ4n) is 3.78. The highest BCUT2D eigenvalue weighted by Gasteiger charge is 2.50. The molecule has 0 aromatic rings. The molecule has 0 spiro atoms. The summed E-state index contributed by atoms with van der Waals surface area (Å²) in [5.74, 6) is 0.268. The van der Waals surface area contributed by atoms with Crippen LogP contribution < -0.4 is 0 Å². The molecule has 6 nitrogen and oxygen atoms in total. The number of ether oxygens (including phenoxy) is 4. The Balaban J connectivity index is 2.47. The lowest BCUT2D eigenvalue weighted by atomic mass is 9.91. The highest BCUT2D eigenvalue weighted by Crippen LogP contribution is 2.37. The van der Waals surface area contributed by atoms with E-state index in [1.54, 1.807) is 14.2 Å². The molecule has 170 valence electrons. The van der Waals surface area contributed by atoms with Crippen LogP contribution in [-0.4, -0.2) is 68.4 Å². The van der Waals surface area contributed by atoms with Gasteiger partial charge in [-0.25, -0.2) is 0 Å². The Kier molecular flexibility index (Phi) is 12.3. The van der Waals surface area contributed by atoms with Crippen LogP contribution >= 0.6 is 0 Å². The van der Waals surface area contributed by atoms with Crippen molar-refractivity contribution in [2.75, 3.05) is 21.3 Å². The zero-order valence-electron chi connectivity index (χ0n) is 19.2. The van der Waals surface area contributed by atoms with E-state index in [0.29, 0.717) is 6.42 Å². The number of aliphatic hydroxyl groups is 2. The minimum absolute atomic E-state index is 0.000978. The largest absolute Gasteiger partial charge is 0.390 e. The first-order chi connectivity index (χ1) is 13.8. The molecule has 6 heteroatoms. The molecular formula is C23H42O6. The topological polar surface area (TPSA) is 80.7 Å². The van der Waals surface area contributed by atoms with Crippen LogP contribution in [-0.2, 0) is 18.9 Å².